The van der Waals surface area contributed by atoms with Gasteiger partial charge >= 0.3 is 0 Å². The van der Waals surface area contributed by atoms with Gasteiger partial charge in [-0.15, -0.1) is 0 Å². The third-order valence-electron chi connectivity index (χ3n) is 4.43. The van der Waals surface area contributed by atoms with Crippen molar-refractivity contribution < 1.29 is 8.91 Å². The highest BCUT2D eigenvalue weighted by atomic mass is 32.2. The number of aryl methyl sites for hydroxylation is 1. The first-order valence-corrected chi connectivity index (χ1v) is 8.35. The SMILES string of the molecule is Cc1nc(N2CC3CSC(N)=NC3(c3ccccc3F)C2)no1. The van der Waals surface area contributed by atoms with Crippen LogP contribution in [0.15, 0.2) is 33.8 Å². The monoisotopic (exact) mass is 333 g/mol. The molecule has 4 rings (SSSR count). The number of halogens is 1. The lowest BCUT2D eigenvalue weighted by molar-refractivity contribution is 0.370. The summed E-state index contributed by atoms with van der Waals surface area (Å²) >= 11 is 1.51. The van der Waals surface area contributed by atoms with E-state index >= 15 is 0 Å². The Morgan fingerprint density at radius 3 is 3.00 bits per heavy atom. The molecular weight excluding hydrogens is 317 g/mol. The molecule has 120 valence electrons. The largest absolute Gasteiger partial charge is 0.379 e. The Morgan fingerprint density at radius 2 is 2.26 bits per heavy atom. The smallest absolute Gasteiger partial charge is 0.266 e. The van der Waals surface area contributed by atoms with E-state index in [0.29, 0.717) is 35.7 Å². The maximum Gasteiger partial charge on any atom is 0.266 e. The van der Waals surface area contributed by atoms with Gasteiger partial charge < -0.3 is 15.2 Å². The van der Waals surface area contributed by atoms with Gasteiger partial charge in [0, 0.05) is 30.7 Å². The fourth-order valence-corrected chi connectivity index (χ4v) is 4.36. The number of benzene rings is 1. The topological polar surface area (TPSA) is 80.5 Å². The number of nitrogens with zero attached hydrogens (tertiary/aromatic N) is 4. The van der Waals surface area contributed by atoms with Crippen LogP contribution in [0, 0.1) is 18.7 Å². The zero-order chi connectivity index (χ0) is 16.0. The molecule has 2 atom stereocenters. The van der Waals surface area contributed by atoms with Crippen molar-refractivity contribution in [2.75, 3.05) is 23.7 Å². The number of aliphatic imine (C=N–C) groups is 1. The summed E-state index contributed by atoms with van der Waals surface area (Å²) in [7, 11) is 0. The van der Waals surface area contributed by atoms with E-state index in [2.05, 4.69) is 15.1 Å². The van der Waals surface area contributed by atoms with Crippen molar-refractivity contribution in [3.05, 3.63) is 41.5 Å². The minimum absolute atomic E-state index is 0.135. The number of hydrogen-bond donors (Lipinski definition) is 1. The summed E-state index contributed by atoms with van der Waals surface area (Å²) in [5, 5.41) is 4.48. The van der Waals surface area contributed by atoms with Crippen LogP contribution in [0.2, 0.25) is 0 Å². The van der Waals surface area contributed by atoms with Gasteiger partial charge in [0.1, 0.15) is 11.4 Å². The van der Waals surface area contributed by atoms with Gasteiger partial charge in [0.05, 0.1) is 6.54 Å². The van der Waals surface area contributed by atoms with E-state index in [1.165, 1.54) is 17.8 Å². The Hall–Kier alpha value is -2.09. The predicted molar refractivity (Wildman–Crippen MR) is 86.9 cm³/mol. The summed E-state index contributed by atoms with van der Waals surface area (Å²) < 4.78 is 19.6. The Morgan fingerprint density at radius 1 is 1.43 bits per heavy atom. The van der Waals surface area contributed by atoms with E-state index in [9.17, 15) is 4.39 Å². The van der Waals surface area contributed by atoms with Crippen molar-refractivity contribution >= 4 is 22.9 Å². The highest BCUT2D eigenvalue weighted by Crippen LogP contribution is 2.46. The van der Waals surface area contributed by atoms with Crippen LogP contribution in [0.5, 0.6) is 0 Å². The van der Waals surface area contributed by atoms with Crippen LogP contribution in [0.4, 0.5) is 10.3 Å². The van der Waals surface area contributed by atoms with Gasteiger partial charge in [-0.25, -0.2) is 9.38 Å². The Labute approximate surface area is 137 Å². The molecule has 0 amide bonds. The van der Waals surface area contributed by atoms with Gasteiger partial charge in [0.15, 0.2) is 5.17 Å². The molecule has 1 aromatic heterocycles. The van der Waals surface area contributed by atoms with E-state index < -0.39 is 5.54 Å². The number of hydrogen-bond acceptors (Lipinski definition) is 7. The Kier molecular flexibility index (Phi) is 3.29. The fourth-order valence-electron chi connectivity index (χ4n) is 3.38. The van der Waals surface area contributed by atoms with E-state index in [1.807, 2.05) is 11.0 Å². The second-order valence-corrected chi connectivity index (χ2v) is 6.90. The van der Waals surface area contributed by atoms with Crippen molar-refractivity contribution in [2.45, 2.75) is 12.5 Å². The van der Waals surface area contributed by atoms with Gasteiger partial charge in [-0.1, -0.05) is 30.0 Å². The normalized spacial score (nSPS) is 27.0. The van der Waals surface area contributed by atoms with E-state index in [4.69, 9.17) is 10.3 Å². The molecule has 3 heterocycles. The van der Waals surface area contributed by atoms with Crippen LogP contribution in [-0.4, -0.2) is 34.2 Å². The molecule has 0 aliphatic carbocycles. The number of fused-ring (bicyclic) bond motifs is 1. The quantitative estimate of drug-likeness (QED) is 0.904. The van der Waals surface area contributed by atoms with Gasteiger partial charge in [0.2, 0.25) is 5.89 Å². The molecule has 1 aromatic carbocycles. The minimum Gasteiger partial charge on any atom is -0.379 e. The summed E-state index contributed by atoms with van der Waals surface area (Å²) in [5.41, 5.74) is 5.85. The zero-order valence-corrected chi connectivity index (χ0v) is 13.4. The van der Waals surface area contributed by atoms with Crippen LogP contribution in [0.25, 0.3) is 0 Å². The molecule has 2 N–H and O–H groups in total. The Bertz CT molecular complexity index is 779. The van der Waals surface area contributed by atoms with Crippen molar-refractivity contribution in [1.82, 2.24) is 10.1 Å². The summed E-state index contributed by atoms with van der Waals surface area (Å²) in [4.78, 5) is 11.0. The molecule has 1 fully saturated rings. The molecule has 6 nitrogen and oxygen atoms in total. The third kappa shape index (κ3) is 2.28. The second kappa shape index (κ2) is 5.23. The van der Waals surface area contributed by atoms with Gasteiger partial charge in [-0.3, -0.25) is 0 Å². The number of amidine groups is 1. The summed E-state index contributed by atoms with van der Waals surface area (Å²) in [6.45, 7) is 2.92. The number of anilines is 1. The molecule has 2 aromatic rings. The summed E-state index contributed by atoms with van der Waals surface area (Å²) in [5.74, 6) is 1.69. The lowest BCUT2D eigenvalue weighted by Gasteiger charge is -2.34. The standard InChI is InChI=1S/C15H16FN5OS/c1-9-18-14(20-22-9)21-6-10-7-23-13(17)19-15(10,8-21)11-4-2-3-5-12(11)16/h2-5,10H,6-8H2,1H3,(H2,17,19). The van der Waals surface area contributed by atoms with Crippen molar-refractivity contribution in [2.24, 2.45) is 16.6 Å². The van der Waals surface area contributed by atoms with E-state index in [1.54, 1.807) is 19.1 Å². The van der Waals surface area contributed by atoms with E-state index in [0.717, 1.165) is 5.75 Å². The third-order valence-corrected chi connectivity index (χ3v) is 5.39. The summed E-state index contributed by atoms with van der Waals surface area (Å²) in [6.07, 6.45) is 0. The van der Waals surface area contributed by atoms with Crippen LogP contribution in [-0.2, 0) is 5.54 Å². The van der Waals surface area contributed by atoms with Crippen molar-refractivity contribution in [3.63, 3.8) is 0 Å². The number of nitrogens with two attached hydrogens (primary N) is 1. The van der Waals surface area contributed by atoms with Gasteiger partial charge in [-0.05, 0) is 11.2 Å². The summed E-state index contributed by atoms with van der Waals surface area (Å²) in [6, 6.07) is 6.78. The molecule has 2 aliphatic rings. The molecule has 2 aliphatic heterocycles. The minimum atomic E-state index is -0.699. The highest BCUT2D eigenvalue weighted by molar-refractivity contribution is 8.13. The van der Waals surface area contributed by atoms with Crippen LogP contribution in [0.3, 0.4) is 0 Å². The molecule has 0 saturated carbocycles. The first-order valence-electron chi connectivity index (χ1n) is 7.37. The molecule has 2 unspecified atom stereocenters. The maximum absolute atomic E-state index is 14.5. The van der Waals surface area contributed by atoms with Crippen LogP contribution < -0.4 is 10.6 Å². The maximum atomic E-state index is 14.5. The van der Waals surface area contributed by atoms with Gasteiger partial charge in [-0.2, -0.15) is 4.98 Å². The first kappa shape index (κ1) is 14.5. The average molecular weight is 333 g/mol. The lowest BCUT2D eigenvalue weighted by Crippen LogP contribution is -2.40. The zero-order valence-electron chi connectivity index (χ0n) is 12.6. The van der Waals surface area contributed by atoms with Gasteiger partial charge in [0.25, 0.3) is 5.95 Å². The Balaban J connectivity index is 1.80. The number of aromatic nitrogens is 2. The van der Waals surface area contributed by atoms with Crippen molar-refractivity contribution in [3.8, 4) is 0 Å². The molecule has 1 saturated heterocycles. The predicted octanol–water partition coefficient (Wildman–Crippen LogP) is 1.91. The molecule has 23 heavy (non-hydrogen) atoms. The highest BCUT2D eigenvalue weighted by Gasteiger charge is 2.52. The first-order chi connectivity index (χ1) is 11.1. The average Bonchev–Trinajstić information content (AvgIpc) is 3.11. The second-order valence-electron chi connectivity index (χ2n) is 5.86. The molecular formula is C15H16FN5OS. The lowest BCUT2D eigenvalue weighted by atomic mass is 9.81. The molecule has 0 spiro atoms. The van der Waals surface area contributed by atoms with Crippen molar-refractivity contribution in [1.29, 1.82) is 0 Å². The van der Waals surface area contributed by atoms with E-state index in [-0.39, 0.29) is 11.7 Å². The fraction of sp³-hybridized carbons (Fsp3) is 0.400. The molecule has 0 radical (unpaired) electrons. The molecule has 0 bridgehead atoms. The number of thioether (sulfide) groups is 1. The molecule has 8 heteroatoms. The van der Waals surface area contributed by atoms with Crippen LogP contribution >= 0.6 is 11.8 Å². The number of rotatable bonds is 2. The van der Waals surface area contributed by atoms with Crippen LogP contribution in [0.1, 0.15) is 11.5 Å².